The molecule has 1 aromatic heterocycles. The van der Waals surface area contributed by atoms with Crippen molar-refractivity contribution in [2.24, 2.45) is 0 Å². The summed E-state index contributed by atoms with van der Waals surface area (Å²) in [4.78, 5) is 13.5. The number of rotatable bonds is 4. The molecule has 10 heteroatoms. The lowest BCUT2D eigenvalue weighted by Crippen LogP contribution is -2.51. The molecule has 1 fully saturated rings. The minimum Gasteiger partial charge on any atom is -0.361 e. The van der Waals surface area contributed by atoms with Crippen LogP contribution in [0, 0.1) is 25.5 Å². The van der Waals surface area contributed by atoms with Crippen LogP contribution in [0.15, 0.2) is 27.6 Å². The van der Waals surface area contributed by atoms with Crippen LogP contribution in [0.1, 0.15) is 17.0 Å². The highest BCUT2D eigenvalue weighted by Crippen LogP contribution is 2.22. The van der Waals surface area contributed by atoms with Crippen molar-refractivity contribution in [2.75, 3.05) is 26.2 Å². The fourth-order valence-electron chi connectivity index (χ4n) is 3.02. The smallest absolute Gasteiger partial charge is 0.246 e. The van der Waals surface area contributed by atoms with Gasteiger partial charge in [0.2, 0.25) is 15.9 Å². The highest BCUT2D eigenvalue weighted by atomic mass is 32.2. The number of halogens is 2. The molecule has 0 unspecified atom stereocenters. The molecule has 0 radical (unpaired) electrons. The second-order valence-corrected chi connectivity index (χ2v) is 8.25. The Morgan fingerprint density at radius 1 is 1.19 bits per heavy atom. The maximum atomic E-state index is 13.9. The van der Waals surface area contributed by atoms with E-state index in [9.17, 15) is 22.0 Å². The van der Waals surface area contributed by atoms with Crippen molar-refractivity contribution in [3.8, 4) is 0 Å². The van der Waals surface area contributed by atoms with E-state index in [1.807, 2.05) is 0 Å². The topological polar surface area (TPSA) is 83.7 Å². The van der Waals surface area contributed by atoms with Crippen LogP contribution < -0.4 is 0 Å². The fraction of sp³-hybridized carbons (Fsp3) is 0.412. The first-order valence-corrected chi connectivity index (χ1v) is 9.79. The van der Waals surface area contributed by atoms with Crippen LogP contribution in [0.3, 0.4) is 0 Å². The fourth-order valence-corrected chi connectivity index (χ4v) is 4.49. The summed E-state index contributed by atoms with van der Waals surface area (Å²) in [6.45, 7) is 3.92. The minimum atomic E-state index is -4.09. The lowest BCUT2D eigenvalue weighted by Gasteiger charge is -2.34. The Morgan fingerprint density at radius 2 is 1.85 bits per heavy atom. The summed E-state index contributed by atoms with van der Waals surface area (Å²) in [7, 11) is -4.09. The lowest BCUT2D eigenvalue weighted by atomic mass is 10.1. The second kappa shape index (κ2) is 7.35. The maximum absolute atomic E-state index is 13.9. The van der Waals surface area contributed by atoms with Gasteiger partial charge in [-0.05, 0) is 26.0 Å². The summed E-state index contributed by atoms with van der Waals surface area (Å²) >= 11 is 0. The number of sulfonamides is 1. The quantitative estimate of drug-likeness (QED) is 0.781. The third-order valence-electron chi connectivity index (χ3n) is 4.61. The molecule has 1 aliphatic heterocycles. The van der Waals surface area contributed by atoms with Crippen molar-refractivity contribution in [3.63, 3.8) is 0 Å². The lowest BCUT2D eigenvalue weighted by molar-refractivity contribution is -0.131. The third-order valence-corrected chi connectivity index (χ3v) is 6.54. The van der Waals surface area contributed by atoms with Crippen LogP contribution in [-0.2, 0) is 21.2 Å². The van der Waals surface area contributed by atoms with Gasteiger partial charge in [-0.2, -0.15) is 4.31 Å². The van der Waals surface area contributed by atoms with Gasteiger partial charge in [-0.1, -0.05) is 5.16 Å². The van der Waals surface area contributed by atoms with Gasteiger partial charge < -0.3 is 9.42 Å². The number of aryl methyl sites for hydroxylation is 2. The van der Waals surface area contributed by atoms with Crippen LogP contribution >= 0.6 is 0 Å². The molecule has 0 aliphatic carbocycles. The molecule has 1 saturated heterocycles. The van der Waals surface area contributed by atoms with E-state index in [1.54, 1.807) is 18.7 Å². The molecule has 0 bridgehead atoms. The van der Waals surface area contributed by atoms with Crippen LogP contribution in [0.5, 0.6) is 0 Å². The monoisotopic (exact) mass is 399 g/mol. The SMILES string of the molecule is Cc1noc(C)c1CC(=O)N1CCN(S(=O)(=O)c2ccc(F)cc2F)CC1. The summed E-state index contributed by atoms with van der Waals surface area (Å²) in [6, 6.07) is 2.35. The van der Waals surface area contributed by atoms with E-state index in [2.05, 4.69) is 5.16 Å². The van der Waals surface area contributed by atoms with Gasteiger partial charge in [0.25, 0.3) is 0 Å². The summed E-state index contributed by atoms with van der Waals surface area (Å²) in [5.74, 6) is -1.56. The van der Waals surface area contributed by atoms with Crippen molar-refractivity contribution in [3.05, 3.63) is 46.9 Å². The Labute approximate surface area is 155 Å². The molecule has 27 heavy (non-hydrogen) atoms. The van der Waals surface area contributed by atoms with Gasteiger partial charge >= 0.3 is 0 Å². The van der Waals surface area contributed by atoms with Gasteiger partial charge in [-0.3, -0.25) is 4.79 Å². The summed E-state index contributed by atoms with van der Waals surface area (Å²) in [5.41, 5.74) is 1.37. The number of piperazine rings is 1. The minimum absolute atomic E-state index is 0.0342. The zero-order valence-corrected chi connectivity index (χ0v) is 15.7. The Morgan fingerprint density at radius 3 is 2.41 bits per heavy atom. The van der Waals surface area contributed by atoms with Gasteiger partial charge in [0.05, 0.1) is 12.1 Å². The van der Waals surface area contributed by atoms with Crippen LogP contribution in [0.2, 0.25) is 0 Å². The Hall–Kier alpha value is -2.33. The van der Waals surface area contributed by atoms with E-state index in [0.29, 0.717) is 17.5 Å². The zero-order chi connectivity index (χ0) is 19.8. The molecule has 3 rings (SSSR count). The van der Waals surface area contributed by atoms with E-state index in [1.165, 1.54) is 0 Å². The first-order chi connectivity index (χ1) is 12.7. The van der Waals surface area contributed by atoms with Crippen LogP contribution in [-0.4, -0.2) is 54.9 Å². The summed E-state index contributed by atoms with van der Waals surface area (Å²) < 4.78 is 58.2. The van der Waals surface area contributed by atoms with Crippen molar-refractivity contribution in [1.82, 2.24) is 14.4 Å². The molecule has 2 aromatic rings. The Bertz CT molecular complexity index is 947. The molecule has 0 saturated carbocycles. The van der Waals surface area contributed by atoms with Gasteiger partial charge in [0, 0.05) is 37.8 Å². The van der Waals surface area contributed by atoms with Crippen molar-refractivity contribution in [1.29, 1.82) is 0 Å². The molecule has 1 amide bonds. The molecule has 1 aliphatic rings. The second-order valence-electron chi connectivity index (χ2n) is 6.34. The standard InChI is InChI=1S/C17H19F2N3O4S/c1-11-14(12(2)26-20-11)10-17(23)21-5-7-22(8-6-21)27(24,25)16-4-3-13(18)9-15(16)19/h3-4,9H,5-8,10H2,1-2H3. The molecule has 1 aromatic carbocycles. The molecular weight excluding hydrogens is 380 g/mol. The van der Waals surface area contributed by atoms with Gasteiger partial charge in [0.15, 0.2) is 0 Å². The highest BCUT2D eigenvalue weighted by Gasteiger charge is 2.32. The maximum Gasteiger partial charge on any atom is 0.246 e. The molecule has 0 N–H and O–H groups in total. The number of carbonyl (C=O) groups excluding carboxylic acids is 1. The van der Waals surface area contributed by atoms with Crippen molar-refractivity contribution >= 4 is 15.9 Å². The van der Waals surface area contributed by atoms with E-state index in [0.717, 1.165) is 22.0 Å². The molecule has 0 spiro atoms. The van der Waals surface area contributed by atoms with E-state index in [-0.39, 0.29) is 38.5 Å². The summed E-state index contributed by atoms with van der Waals surface area (Å²) in [6.07, 6.45) is 0.126. The van der Waals surface area contributed by atoms with Gasteiger partial charge in [0.1, 0.15) is 22.3 Å². The van der Waals surface area contributed by atoms with E-state index < -0.39 is 26.6 Å². The molecule has 146 valence electrons. The highest BCUT2D eigenvalue weighted by molar-refractivity contribution is 7.89. The normalized spacial score (nSPS) is 15.9. The molecule has 7 nitrogen and oxygen atoms in total. The van der Waals surface area contributed by atoms with Crippen molar-refractivity contribution < 1.29 is 26.5 Å². The number of nitrogens with zero attached hydrogens (tertiary/aromatic N) is 3. The van der Waals surface area contributed by atoms with Crippen molar-refractivity contribution in [2.45, 2.75) is 25.2 Å². The molecule has 2 heterocycles. The number of benzene rings is 1. The number of hydrogen-bond acceptors (Lipinski definition) is 5. The number of amides is 1. The van der Waals surface area contributed by atoms with E-state index >= 15 is 0 Å². The largest absolute Gasteiger partial charge is 0.361 e. The first-order valence-electron chi connectivity index (χ1n) is 8.35. The average molecular weight is 399 g/mol. The first kappa shape index (κ1) is 19.4. The molecular formula is C17H19F2N3O4S. The van der Waals surface area contributed by atoms with Gasteiger partial charge in [-0.25, -0.2) is 17.2 Å². The van der Waals surface area contributed by atoms with E-state index in [4.69, 9.17) is 4.52 Å². The average Bonchev–Trinajstić information content (AvgIpc) is 2.93. The molecule has 0 atom stereocenters. The van der Waals surface area contributed by atoms with Crippen LogP contribution in [0.25, 0.3) is 0 Å². The predicted octanol–water partition coefficient (Wildman–Crippen LogP) is 1.65. The number of hydrogen-bond donors (Lipinski definition) is 0. The number of carbonyl (C=O) groups is 1. The predicted molar refractivity (Wildman–Crippen MR) is 91.4 cm³/mol. The van der Waals surface area contributed by atoms with Gasteiger partial charge in [-0.15, -0.1) is 0 Å². The Balaban J connectivity index is 1.67. The third kappa shape index (κ3) is 3.86. The summed E-state index contributed by atoms with van der Waals surface area (Å²) in [5, 5.41) is 3.81. The van der Waals surface area contributed by atoms with Crippen LogP contribution in [0.4, 0.5) is 8.78 Å². The number of aromatic nitrogens is 1. The zero-order valence-electron chi connectivity index (χ0n) is 14.9. The Kier molecular flexibility index (Phi) is 5.29.